The van der Waals surface area contributed by atoms with Gasteiger partial charge in [0.1, 0.15) is 10.6 Å². The maximum atomic E-state index is 12.2. The van der Waals surface area contributed by atoms with Crippen molar-refractivity contribution in [3.8, 4) is 5.75 Å². The van der Waals surface area contributed by atoms with E-state index in [1.54, 1.807) is 32.0 Å². The van der Waals surface area contributed by atoms with E-state index >= 15 is 0 Å². The predicted molar refractivity (Wildman–Crippen MR) is 75.4 cm³/mol. The van der Waals surface area contributed by atoms with Crippen LogP contribution in [0.2, 0.25) is 0 Å². The summed E-state index contributed by atoms with van der Waals surface area (Å²) in [7, 11) is -3.55. The zero-order chi connectivity index (χ0) is 13.8. The van der Waals surface area contributed by atoms with Crippen LogP contribution in [0.4, 0.5) is 0 Å². The van der Waals surface area contributed by atoms with Crippen molar-refractivity contribution in [2.24, 2.45) is 0 Å². The third kappa shape index (κ3) is 4.26. The fraction of sp³-hybridized carbons (Fsp3) is 0.500. The van der Waals surface area contributed by atoms with Crippen molar-refractivity contribution in [3.63, 3.8) is 0 Å². The summed E-state index contributed by atoms with van der Waals surface area (Å²) in [4.78, 5) is 0.166. The molecule has 0 aliphatic heterocycles. The van der Waals surface area contributed by atoms with E-state index < -0.39 is 10.0 Å². The van der Waals surface area contributed by atoms with E-state index in [9.17, 15) is 8.42 Å². The smallest absolute Gasteiger partial charge is 0.244 e. The molecule has 1 rings (SSSR count). The first kappa shape index (κ1) is 15.5. The zero-order valence-electron chi connectivity index (χ0n) is 10.7. The Morgan fingerprint density at radius 1 is 1.39 bits per heavy atom. The molecule has 0 amide bonds. The molecule has 0 saturated carbocycles. The Labute approximate surface area is 117 Å². The van der Waals surface area contributed by atoms with Gasteiger partial charge in [-0.25, -0.2) is 13.1 Å². The van der Waals surface area contributed by atoms with Gasteiger partial charge >= 0.3 is 0 Å². The molecule has 0 unspecified atom stereocenters. The molecule has 1 aromatic carbocycles. The number of ether oxygens (including phenoxy) is 1. The van der Waals surface area contributed by atoms with E-state index in [1.807, 2.05) is 6.92 Å². The van der Waals surface area contributed by atoms with Gasteiger partial charge in [-0.15, -0.1) is 0 Å². The SMILES string of the molecule is CCCOc1ccc(Br)cc1S(=O)(=O)NC(C)C. The first-order valence-electron chi connectivity index (χ1n) is 5.81. The van der Waals surface area contributed by atoms with Crippen LogP contribution in [-0.2, 0) is 10.0 Å². The molecule has 102 valence electrons. The van der Waals surface area contributed by atoms with Crippen LogP contribution in [0, 0.1) is 0 Å². The van der Waals surface area contributed by atoms with E-state index in [4.69, 9.17) is 4.74 Å². The summed E-state index contributed by atoms with van der Waals surface area (Å²) < 4.78 is 33.1. The Morgan fingerprint density at radius 3 is 2.61 bits per heavy atom. The van der Waals surface area contributed by atoms with E-state index in [0.29, 0.717) is 16.8 Å². The van der Waals surface area contributed by atoms with E-state index in [2.05, 4.69) is 20.7 Å². The molecule has 4 nitrogen and oxygen atoms in total. The number of hydrogen-bond acceptors (Lipinski definition) is 3. The molecule has 0 aliphatic rings. The van der Waals surface area contributed by atoms with Crippen LogP contribution in [0.3, 0.4) is 0 Å². The molecule has 0 bridgehead atoms. The largest absolute Gasteiger partial charge is 0.492 e. The Hall–Kier alpha value is -0.590. The Kier molecular flexibility index (Phi) is 5.62. The summed E-state index contributed by atoms with van der Waals surface area (Å²) >= 11 is 3.28. The Balaban J connectivity index is 3.16. The number of sulfonamides is 1. The molecule has 0 aromatic heterocycles. The van der Waals surface area contributed by atoms with Crippen molar-refractivity contribution < 1.29 is 13.2 Å². The first-order chi connectivity index (χ1) is 8.36. The van der Waals surface area contributed by atoms with Crippen molar-refractivity contribution in [1.29, 1.82) is 0 Å². The summed E-state index contributed by atoms with van der Waals surface area (Å²) in [6.07, 6.45) is 0.827. The van der Waals surface area contributed by atoms with Crippen LogP contribution in [0.5, 0.6) is 5.75 Å². The lowest BCUT2D eigenvalue weighted by atomic mass is 10.3. The highest BCUT2D eigenvalue weighted by Gasteiger charge is 2.20. The highest BCUT2D eigenvalue weighted by atomic mass is 79.9. The van der Waals surface area contributed by atoms with Crippen molar-refractivity contribution in [2.75, 3.05) is 6.61 Å². The number of nitrogens with one attached hydrogen (secondary N) is 1. The van der Waals surface area contributed by atoms with E-state index in [1.165, 1.54) is 0 Å². The van der Waals surface area contributed by atoms with Crippen LogP contribution >= 0.6 is 15.9 Å². The normalized spacial score (nSPS) is 11.8. The highest BCUT2D eigenvalue weighted by Crippen LogP contribution is 2.27. The van der Waals surface area contributed by atoms with Gasteiger partial charge in [0.05, 0.1) is 6.61 Å². The van der Waals surface area contributed by atoms with E-state index in [0.717, 1.165) is 6.42 Å². The molecule has 6 heteroatoms. The average molecular weight is 336 g/mol. The second kappa shape index (κ2) is 6.54. The summed E-state index contributed by atoms with van der Waals surface area (Å²) in [6.45, 7) is 6.02. The van der Waals surface area contributed by atoms with Crippen molar-refractivity contribution in [1.82, 2.24) is 4.72 Å². The average Bonchev–Trinajstić information content (AvgIpc) is 2.25. The van der Waals surface area contributed by atoms with Crippen LogP contribution in [-0.4, -0.2) is 21.1 Å². The highest BCUT2D eigenvalue weighted by molar-refractivity contribution is 9.10. The second-order valence-corrected chi connectivity index (χ2v) is 6.81. The summed E-state index contributed by atoms with van der Waals surface area (Å²) in [5, 5.41) is 0. The maximum absolute atomic E-state index is 12.2. The minimum Gasteiger partial charge on any atom is -0.492 e. The summed E-state index contributed by atoms with van der Waals surface area (Å²) in [5.74, 6) is 0.383. The molecular formula is C12H18BrNO3S. The van der Waals surface area contributed by atoms with Gasteiger partial charge in [-0.2, -0.15) is 0 Å². The van der Waals surface area contributed by atoms with Gasteiger partial charge in [-0.3, -0.25) is 0 Å². The van der Waals surface area contributed by atoms with Gasteiger partial charge in [0.15, 0.2) is 0 Å². The van der Waals surface area contributed by atoms with Gasteiger partial charge in [0.2, 0.25) is 10.0 Å². The number of hydrogen-bond donors (Lipinski definition) is 1. The zero-order valence-corrected chi connectivity index (χ0v) is 13.1. The fourth-order valence-corrected chi connectivity index (χ4v) is 3.33. The number of benzene rings is 1. The standard InChI is InChI=1S/C12H18BrNO3S/c1-4-7-17-11-6-5-10(13)8-12(11)18(15,16)14-9(2)3/h5-6,8-9,14H,4,7H2,1-3H3. The first-order valence-corrected chi connectivity index (χ1v) is 8.09. The lowest BCUT2D eigenvalue weighted by Gasteiger charge is -2.14. The number of halogens is 1. The fourth-order valence-electron chi connectivity index (χ4n) is 1.40. The van der Waals surface area contributed by atoms with Crippen LogP contribution in [0.1, 0.15) is 27.2 Å². The quantitative estimate of drug-likeness (QED) is 0.869. The lowest BCUT2D eigenvalue weighted by Crippen LogP contribution is -2.30. The van der Waals surface area contributed by atoms with Crippen molar-refractivity contribution in [2.45, 2.75) is 38.1 Å². The van der Waals surface area contributed by atoms with Crippen LogP contribution < -0.4 is 9.46 Å². The molecule has 0 heterocycles. The summed E-state index contributed by atoms with van der Waals surface area (Å²) in [5.41, 5.74) is 0. The van der Waals surface area contributed by atoms with Gasteiger partial charge in [-0.1, -0.05) is 22.9 Å². The molecule has 0 fully saturated rings. The molecule has 0 radical (unpaired) electrons. The molecular weight excluding hydrogens is 318 g/mol. The van der Waals surface area contributed by atoms with Crippen molar-refractivity contribution in [3.05, 3.63) is 22.7 Å². The van der Waals surface area contributed by atoms with Gasteiger partial charge < -0.3 is 4.74 Å². The molecule has 18 heavy (non-hydrogen) atoms. The van der Waals surface area contributed by atoms with E-state index in [-0.39, 0.29) is 10.9 Å². The monoisotopic (exact) mass is 335 g/mol. The van der Waals surface area contributed by atoms with Gasteiger partial charge in [0.25, 0.3) is 0 Å². The molecule has 0 aliphatic carbocycles. The van der Waals surface area contributed by atoms with Crippen LogP contribution in [0.25, 0.3) is 0 Å². The third-order valence-corrected chi connectivity index (χ3v) is 4.22. The molecule has 0 atom stereocenters. The number of rotatable bonds is 6. The predicted octanol–water partition coefficient (Wildman–Crippen LogP) is 2.92. The second-order valence-electron chi connectivity index (χ2n) is 4.22. The van der Waals surface area contributed by atoms with Crippen LogP contribution in [0.15, 0.2) is 27.6 Å². The lowest BCUT2D eigenvalue weighted by molar-refractivity contribution is 0.309. The topological polar surface area (TPSA) is 55.4 Å². The molecule has 1 aromatic rings. The molecule has 0 spiro atoms. The summed E-state index contributed by atoms with van der Waals surface area (Å²) in [6, 6.07) is 4.82. The minimum atomic E-state index is -3.55. The molecule has 0 saturated heterocycles. The Morgan fingerprint density at radius 2 is 2.06 bits per heavy atom. The molecule has 1 N–H and O–H groups in total. The minimum absolute atomic E-state index is 0.159. The Bertz CT molecular complexity index is 500. The van der Waals surface area contributed by atoms with Gasteiger partial charge in [-0.05, 0) is 38.5 Å². The van der Waals surface area contributed by atoms with Gasteiger partial charge in [0, 0.05) is 10.5 Å². The van der Waals surface area contributed by atoms with Crippen molar-refractivity contribution >= 4 is 26.0 Å². The maximum Gasteiger partial charge on any atom is 0.244 e. The third-order valence-electron chi connectivity index (χ3n) is 2.05.